The lowest BCUT2D eigenvalue weighted by Gasteiger charge is -2.13. The fraction of sp³-hybridized carbons (Fsp3) is 0.360. The molecule has 0 bridgehead atoms. The van der Waals surface area contributed by atoms with Gasteiger partial charge in [-0.25, -0.2) is 0 Å². The zero-order valence-corrected chi connectivity index (χ0v) is 20.2. The fourth-order valence-corrected chi connectivity index (χ4v) is 4.63. The van der Waals surface area contributed by atoms with Crippen LogP contribution in [0.5, 0.6) is 11.5 Å². The van der Waals surface area contributed by atoms with Gasteiger partial charge in [0, 0.05) is 33.9 Å². The van der Waals surface area contributed by atoms with Crippen LogP contribution in [0.1, 0.15) is 53.3 Å². The number of benzene rings is 2. The quantitative estimate of drug-likeness (QED) is 0.455. The van der Waals surface area contributed by atoms with E-state index in [9.17, 15) is 4.79 Å². The molecule has 0 unspecified atom stereocenters. The van der Waals surface area contributed by atoms with Crippen LogP contribution in [-0.2, 0) is 6.54 Å². The molecule has 0 atom stereocenters. The molecular weight excluding hydrogens is 470 g/mol. The molecule has 1 N–H and O–H groups in total. The molecule has 1 fully saturated rings. The number of nitrogens with one attached hydrogen (secondary N) is 1. The van der Waals surface area contributed by atoms with Crippen LogP contribution in [0.15, 0.2) is 46.9 Å². The number of carbonyl (C=O) groups is 1. The third-order valence-corrected chi connectivity index (χ3v) is 6.63. The lowest BCUT2D eigenvalue weighted by Crippen LogP contribution is -2.24. The highest BCUT2D eigenvalue weighted by Crippen LogP contribution is 2.34. The molecule has 32 heavy (non-hydrogen) atoms. The van der Waals surface area contributed by atoms with Gasteiger partial charge in [0.1, 0.15) is 17.2 Å². The van der Waals surface area contributed by atoms with Crippen LogP contribution >= 0.6 is 15.9 Å². The van der Waals surface area contributed by atoms with Gasteiger partial charge >= 0.3 is 0 Å². The monoisotopic (exact) mass is 497 g/mol. The van der Waals surface area contributed by atoms with Crippen LogP contribution in [0, 0.1) is 6.92 Å². The Bertz CT molecular complexity index is 1100. The summed E-state index contributed by atoms with van der Waals surface area (Å²) in [5, 5.41) is 7.99. The van der Waals surface area contributed by atoms with Crippen molar-refractivity contribution in [1.29, 1.82) is 0 Å². The average Bonchev–Trinajstić information content (AvgIpc) is 3.45. The Morgan fingerprint density at radius 1 is 1.12 bits per heavy atom. The summed E-state index contributed by atoms with van der Waals surface area (Å²) in [5.41, 5.74) is 4.08. The molecule has 0 spiro atoms. The first-order chi connectivity index (χ1) is 15.5. The van der Waals surface area contributed by atoms with Crippen molar-refractivity contribution in [3.63, 3.8) is 0 Å². The van der Waals surface area contributed by atoms with E-state index in [2.05, 4.69) is 25.9 Å². The maximum Gasteiger partial charge on any atom is 0.255 e. The van der Waals surface area contributed by atoms with Crippen LogP contribution in [-0.4, -0.2) is 29.9 Å². The Morgan fingerprint density at radius 3 is 2.50 bits per heavy atom. The van der Waals surface area contributed by atoms with Gasteiger partial charge in [-0.3, -0.25) is 9.48 Å². The minimum Gasteiger partial charge on any atom is -0.497 e. The van der Waals surface area contributed by atoms with Crippen LogP contribution in [0.4, 0.5) is 0 Å². The number of halogens is 1. The van der Waals surface area contributed by atoms with E-state index in [1.165, 1.54) is 12.8 Å². The Hall–Kier alpha value is -2.80. The van der Waals surface area contributed by atoms with E-state index in [4.69, 9.17) is 14.6 Å². The lowest BCUT2D eigenvalue weighted by molar-refractivity contribution is 0.0950. The smallest absolute Gasteiger partial charge is 0.255 e. The molecule has 7 heteroatoms. The zero-order valence-electron chi connectivity index (χ0n) is 18.7. The molecule has 1 heterocycles. The summed E-state index contributed by atoms with van der Waals surface area (Å²) in [7, 11) is 3.23. The fourth-order valence-electron chi connectivity index (χ4n) is 4.37. The van der Waals surface area contributed by atoms with E-state index in [1.807, 2.05) is 49.4 Å². The van der Waals surface area contributed by atoms with Gasteiger partial charge in [-0.05, 0) is 44.0 Å². The first kappa shape index (κ1) is 22.4. The first-order valence-electron chi connectivity index (χ1n) is 10.9. The van der Waals surface area contributed by atoms with Crippen molar-refractivity contribution < 1.29 is 14.3 Å². The van der Waals surface area contributed by atoms with Crippen molar-refractivity contribution in [2.45, 2.75) is 45.2 Å². The second-order valence-electron chi connectivity index (χ2n) is 8.06. The van der Waals surface area contributed by atoms with Gasteiger partial charge in [-0.2, -0.15) is 5.10 Å². The highest BCUT2D eigenvalue weighted by molar-refractivity contribution is 9.10. The zero-order chi connectivity index (χ0) is 22.7. The molecule has 1 aliphatic carbocycles. The molecule has 1 aliphatic rings. The summed E-state index contributed by atoms with van der Waals surface area (Å²) in [6, 6.07) is 13.9. The highest BCUT2D eigenvalue weighted by atomic mass is 79.9. The number of amides is 1. The summed E-state index contributed by atoms with van der Waals surface area (Å²) in [6.07, 6.45) is 4.62. The third kappa shape index (κ3) is 4.53. The maximum atomic E-state index is 13.4. The summed E-state index contributed by atoms with van der Waals surface area (Å²) in [5.74, 6) is 1.25. The van der Waals surface area contributed by atoms with E-state index in [0.717, 1.165) is 39.8 Å². The van der Waals surface area contributed by atoms with Gasteiger partial charge in [0.2, 0.25) is 0 Å². The van der Waals surface area contributed by atoms with Crippen LogP contribution in [0.25, 0.3) is 11.3 Å². The largest absolute Gasteiger partial charge is 0.497 e. The molecule has 168 valence electrons. The Kier molecular flexibility index (Phi) is 6.84. The number of rotatable bonds is 7. The van der Waals surface area contributed by atoms with E-state index >= 15 is 0 Å². The second-order valence-corrected chi connectivity index (χ2v) is 8.97. The van der Waals surface area contributed by atoms with Crippen LogP contribution < -0.4 is 14.8 Å². The number of hydrogen-bond acceptors (Lipinski definition) is 4. The minimum atomic E-state index is -0.137. The van der Waals surface area contributed by atoms with Crippen molar-refractivity contribution in [2.24, 2.45) is 0 Å². The third-order valence-electron chi connectivity index (χ3n) is 6.10. The van der Waals surface area contributed by atoms with Crippen LogP contribution in [0.2, 0.25) is 0 Å². The van der Waals surface area contributed by atoms with Crippen molar-refractivity contribution in [1.82, 2.24) is 15.1 Å². The number of methoxy groups -OCH3 is 2. The first-order valence-corrected chi connectivity index (χ1v) is 11.6. The molecule has 3 aromatic rings. The standard InChI is InChI=1S/C25H28BrN3O3/c1-16-23(25(30)27-15-18-10-13-21(31-2)14-22(18)32-3)24(17-8-11-19(26)12-9-17)28-29(16)20-6-4-5-7-20/h8-14,20H,4-7,15H2,1-3H3,(H,27,30). The Balaban J connectivity index is 1.65. The van der Waals surface area contributed by atoms with E-state index < -0.39 is 0 Å². The molecule has 2 aromatic carbocycles. The molecule has 4 rings (SSSR count). The average molecular weight is 498 g/mol. The van der Waals surface area contributed by atoms with Gasteiger partial charge in [0.25, 0.3) is 5.91 Å². The predicted octanol–water partition coefficient (Wildman–Crippen LogP) is 5.68. The Morgan fingerprint density at radius 2 is 1.84 bits per heavy atom. The summed E-state index contributed by atoms with van der Waals surface area (Å²) < 4.78 is 13.8. The molecule has 1 saturated carbocycles. The number of nitrogens with zero attached hydrogens (tertiary/aromatic N) is 2. The van der Waals surface area contributed by atoms with Crippen LogP contribution in [0.3, 0.4) is 0 Å². The number of aromatic nitrogens is 2. The molecule has 1 amide bonds. The van der Waals surface area contributed by atoms with E-state index in [-0.39, 0.29) is 5.91 Å². The number of carbonyl (C=O) groups excluding carboxylic acids is 1. The van der Waals surface area contributed by atoms with Crippen molar-refractivity contribution in [2.75, 3.05) is 14.2 Å². The van der Waals surface area contributed by atoms with E-state index in [0.29, 0.717) is 29.6 Å². The maximum absolute atomic E-state index is 13.4. The number of hydrogen-bond donors (Lipinski definition) is 1. The van der Waals surface area contributed by atoms with Gasteiger partial charge in [-0.15, -0.1) is 0 Å². The molecule has 0 saturated heterocycles. The molecule has 6 nitrogen and oxygen atoms in total. The summed E-state index contributed by atoms with van der Waals surface area (Å²) >= 11 is 3.49. The van der Waals surface area contributed by atoms with Gasteiger partial charge in [0.15, 0.2) is 0 Å². The van der Waals surface area contributed by atoms with Crippen molar-refractivity contribution >= 4 is 21.8 Å². The summed E-state index contributed by atoms with van der Waals surface area (Å²) in [6.45, 7) is 2.34. The van der Waals surface area contributed by atoms with Gasteiger partial charge in [-0.1, -0.05) is 40.9 Å². The summed E-state index contributed by atoms with van der Waals surface area (Å²) in [4.78, 5) is 13.4. The Labute approximate surface area is 197 Å². The molecule has 0 radical (unpaired) electrons. The molecule has 0 aliphatic heterocycles. The SMILES string of the molecule is COc1ccc(CNC(=O)c2c(-c3ccc(Br)cc3)nn(C3CCCC3)c2C)c(OC)c1. The van der Waals surface area contributed by atoms with Gasteiger partial charge < -0.3 is 14.8 Å². The second kappa shape index (κ2) is 9.77. The lowest BCUT2D eigenvalue weighted by atomic mass is 10.1. The minimum absolute atomic E-state index is 0.137. The predicted molar refractivity (Wildman–Crippen MR) is 128 cm³/mol. The van der Waals surface area contributed by atoms with Gasteiger partial charge in [0.05, 0.1) is 25.8 Å². The molecule has 1 aromatic heterocycles. The highest BCUT2D eigenvalue weighted by Gasteiger charge is 2.27. The molecular formula is C25H28BrN3O3. The number of ether oxygens (including phenoxy) is 2. The van der Waals surface area contributed by atoms with Crippen molar-refractivity contribution in [3.05, 3.63) is 63.8 Å². The van der Waals surface area contributed by atoms with Crippen molar-refractivity contribution in [3.8, 4) is 22.8 Å². The topological polar surface area (TPSA) is 65.4 Å². The van der Waals surface area contributed by atoms with E-state index in [1.54, 1.807) is 14.2 Å². The normalized spacial score (nSPS) is 13.9.